The largest absolute Gasteiger partial charge is 0.486 e. The average molecular weight is 520 g/mol. The maximum atomic E-state index is 12.7. The van der Waals surface area contributed by atoms with Gasteiger partial charge in [-0.3, -0.25) is 5.32 Å². The number of nitrogen functional groups attached to an aromatic ring is 1. The lowest BCUT2D eigenvalue weighted by Gasteiger charge is -2.30. The Labute approximate surface area is 211 Å². The monoisotopic (exact) mass is 519 g/mol. The Kier molecular flexibility index (Phi) is 6.91. The summed E-state index contributed by atoms with van der Waals surface area (Å²) in [5, 5.41) is 3.20. The van der Waals surface area contributed by atoms with Gasteiger partial charge >= 0.3 is 12.3 Å². The molecular weight excluding hydrogens is 491 g/mol. The maximum absolute atomic E-state index is 12.7. The normalized spacial score (nSPS) is 17.8. The van der Waals surface area contributed by atoms with E-state index in [1.807, 2.05) is 18.2 Å². The van der Waals surface area contributed by atoms with Crippen molar-refractivity contribution in [1.29, 1.82) is 0 Å². The van der Waals surface area contributed by atoms with Crippen molar-refractivity contribution in [3.8, 4) is 17.0 Å². The van der Waals surface area contributed by atoms with E-state index in [4.69, 9.17) is 19.9 Å². The second kappa shape index (κ2) is 10.1. The number of hydrogen-bond donors (Lipinski definition) is 2. The summed E-state index contributed by atoms with van der Waals surface area (Å²) in [6.45, 7) is 1.94. The predicted octanol–water partition coefficient (Wildman–Crippen LogP) is 5.87. The van der Waals surface area contributed by atoms with Crippen molar-refractivity contribution >= 4 is 28.4 Å². The fourth-order valence-corrected chi connectivity index (χ4v) is 4.52. The Morgan fingerprint density at radius 2 is 1.84 bits per heavy atom. The van der Waals surface area contributed by atoms with Crippen molar-refractivity contribution < 1.29 is 36.9 Å². The van der Waals surface area contributed by atoms with Gasteiger partial charge in [0.05, 0.1) is 30.1 Å². The van der Waals surface area contributed by atoms with E-state index in [1.165, 1.54) is 0 Å². The van der Waals surface area contributed by atoms with Crippen LogP contribution >= 0.6 is 0 Å². The highest BCUT2D eigenvalue weighted by Gasteiger charge is 2.39. The molecule has 198 valence electrons. The molecule has 1 atom stereocenters. The molecule has 0 bridgehead atoms. The van der Waals surface area contributed by atoms with Crippen molar-refractivity contribution in [2.24, 2.45) is 0 Å². The van der Waals surface area contributed by atoms with Crippen LogP contribution in [-0.4, -0.2) is 49.1 Å². The molecule has 1 saturated carbocycles. The molecule has 5 rings (SSSR count). The first kappa shape index (κ1) is 25.2. The zero-order chi connectivity index (χ0) is 26.2. The topological polar surface area (TPSA) is 97.0 Å². The number of nitrogens with one attached hydrogen (secondary N) is 1. The smallest absolute Gasteiger partial charge is 0.425 e. The highest BCUT2D eigenvalue weighted by atomic mass is 19.4. The molecule has 1 saturated heterocycles. The van der Waals surface area contributed by atoms with Gasteiger partial charge in [-0.05, 0) is 56.5 Å². The third-order valence-corrected chi connectivity index (χ3v) is 6.68. The zero-order valence-corrected chi connectivity index (χ0v) is 20.2. The zero-order valence-electron chi connectivity index (χ0n) is 20.2. The van der Waals surface area contributed by atoms with E-state index in [0.717, 1.165) is 48.3 Å². The number of hydrogen-bond acceptors (Lipinski definition) is 6. The van der Waals surface area contributed by atoms with Crippen LogP contribution in [0.2, 0.25) is 0 Å². The summed E-state index contributed by atoms with van der Waals surface area (Å²) >= 11 is 0. The number of amides is 1. The Bertz CT molecular complexity index is 1270. The fraction of sp³-hybridized carbons (Fsp3) is 0.423. The van der Waals surface area contributed by atoms with Gasteiger partial charge in [-0.15, -0.1) is 0 Å². The summed E-state index contributed by atoms with van der Waals surface area (Å²) in [5.74, 6) is 0.668. The standard InChI is InChI=1S/C26H28F3N3O5/c1-15(26(27,28)29)36-25(33)31-17-7-5-16(6-8-17)24-23(30)21-11-19(37-20-12-34-14-35-13-20)9-10-22(21)32(24)18-3-2-4-18/h5-11,15,18,20H,2-4,12-14,30H2,1H3,(H,31,33). The molecule has 2 fully saturated rings. The van der Waals surface area contributed by atoms with Crippen LogP contribution in [0.15, 0.2) is 42.5 Å². The van der Waals surface area contributed by atoms with Gasteiger partial charge in [0.15, 0.2) is 6.10 Å². The molecule has 1 aliphatic carbocycles. The highest BCUT2D eigenvalue weighted by molar-refractivity contribution is 6.02. The quantitative estimate of drug-likeness (QED) is 0.423. The van der Waals surface area contributed by atoms with Crippen molar-refractivity contribution in [3.05, 3.63) is 42.5 Å². The first-order chi connectivity index (χ1) is 17.7. The molecule has 0 radical (unpaired) electrons. The van der Waals surface area contributed by atoms with Crippen LogP contribution in [0, 0.1) is 0 Å². The third kappa shape index (κ3) is 5.33. The van der Waals surface area contributed by atoms with E-state index in [2.05, 4.69) is 14.6 Å². The van der Waals surface area contributed by atoms with Gasteiger partial charge in [0.25, 0.3) is 0 Å². The number of nitrogens with zero attached hydrogens (tertiary/aromatic N) is 1. The molecule has 1 unspecified atom stereocenters. The third-order valence-electron chi connectivity index (χ3n) is 6.68. The van der Waals surface area contributed by atoms with E-state index in [-0.39, 0.29) is 12.9 Å². The van der Waals surface area contributed by atoms with Gasteiger partial charge < -0.3 is 29.2 Å². The number of anilines is 2. The Hall–Kier alpha value is -3.44. The molecule has 37 heavy (non-hydrogen) atoms. The second-order valence-electron chi connectivity index (χ2n) is 9.29. The van der Waals surface area contributed by atoms with Crippen LogP contribution in [-0.2, 0) is 14.2 Å². The molecule has 3 N–H and O–H groups in total. The van der Waals surface area contributed by atoms with Crippen LogP contribution in [0.25, 0.3) is 22.2 Å². The number of nitrogens with two attached hydrogens (primary N) is 1. The number of carbonyl (C=O) groups excluding carboxylic acids is 1. The molecule has 2 heterocycles. The number of ether oxygens (including phenoxy) is 4. The fourth-order valence-electron chi connectivity index (χ4n) is 4.52. The number of rotatable bonds is 6. The van der Waals surface area contributed by atoms with E-state index in [1.54, 1.807) is 24.3 Å². The van der Waals surface area contributed by atoms with Gasteiger partial charge in [0.2, 0.25) is 0 Å². The molecule has 8 nitrogen and oxygen atoms in total. The Balaban J connectivity index is 1.41. The number of halogens is 3. The van der Waals surface area contributed by atoms with Gasteiger partial charge in [-0.1, -0.05) is 12.1 Å². The molecule has 2 aromatic carbocycles. The Morgan fingerprint density at radius 1 is 1.14 bits per heavy atom. The number of aromatic nitrogens is 1. The summed E-state index contributed by atoms with van der Waals surface area (Å²) in [5.41, 5.74) is 10.2. The molecular formula is C26H28F3N3O5. The summed E-state index contributed by atoms with van der Waals surface area (Å²) in [6.07, 6.45) is -5.02. The summed E-state index contributed by atoms with van der Waals surface area (Å²) in [4.78, 5) is 11.9. The first-order valence-corrected chi connectivity index (χ1v) is 12.1. The minimum Gasteiger partial charge on any atom is -0.486 e. The molecule has 0 spiro atoms. The van der Waals surface area contributed by atoms with Gasteiger partial charge in [0.1, 0.15) is 18.6 Å². The van der Waals surface area contributed by atoms with Crippen LogP contribution < -0.4 is 15.8 Å². The molecule has 1 amide bonds. The summed E-state index contributed by atoms with van der Waals surface area (Å²) in [7, 11) is 0. The van der Waals surface area contributed by atoms with Crippen molar-refractivity contribution in [2.45, 2.75) is 50.6 Å². The number of carbonyl (C=O) groups is 1. The molecule has 1 aliphatic heterocycles. The molecule has 1 aromatic heterocycles. The molecule has 2 aliphatic rings. The SMILES string of the molecule is CC(OC(=O)Nc1ccc(-c2c(N)c3cc(OC4COCOC4)ccc3n2C2CCC2)cc1)C(F)(F)F. The van der Waals surface area contributed by atoms with Crippen LogP contribution in [0.4, 0.5) is 29.3 Å². The van der Waals surface area contributed by atoms with Gasteiger partial charge in [-0.2, -0.15) is 13.2 Å². The second-order valence-corrected chi connectivity index (χ2v) is 9.29. The van der Waals surface area contributed by atoms with Crippen LogP contribution in [0.1, 0.15) is 32.2 Å². The van der Waals surface area contributed by atoms with Crippen LogP contribution in [0.3, 0.4) is 0 Å². The number of alkyl halides is 3. The van der Waals surface area contributed by atoms with Crippen molar-refractivity contribution in [3.63, 3.8) is 0 Å². The number of fused-ring (bicyclic) bond motifs is 1. The van der Waals surface area contributed by atoms with Gasteiger partial charge in [-0.25, -0.2) is 4.79 Å². The van der Waals surface area contributed by atoms with Crippen molar-refractivity contribution in [2.75, 3.05) is 31.1 Å². The molecule has 3 aromatic rings. The minimum absolute atomic E-state index is 0.202. The van der Waals surface area contributed by atoms with E-state index in [0.29, 0.717) is 36.4 Å². The molecule has 11 heteroatoms. The summed E-state index contributed by atoms with van der Waals surface area (Å²) in [6, 6.07) is 12.9. The van der Waals surface area contributed by atoms with Gasteiger partial charge in [0, 0.05) is 22.7 Å². The van der Waals surface area contributed by atoms with E-state index in [9.17, 15) is 18.0 Å². The lowest BCUT2D eigenvalue weighted by molar-refractivity contribution is -0.196. The van der Waals surface area contributed by atoms with Crippen molar-refractivity contribution in [1.82, 2.24) is 4.57 Å². The minimum atomic E-state index is -4.63. The lowest BCUT2D eigenvalue weighted by Crippen LogP contribution is -2.33. The maximum Gasteiger partial charge on any atom is 0.425 e. The Morgan fingerprint density at radius 3 is 2.46 bits per heavy atom. The summed E-state index contributed by atoms with van der Waals surface area (Å²) < 4.78 is 61.3. The van der Waals surface area contributed by atoms with Crippen LogP contribution in [0.5, 0.6) is 5.75 Å². The van der Waals surface area contributed by atoms with E-state index >= 15 is 0 Å². The predicted molar refractivity (Wildman–Crippen MR) is 131 cm³/mol. The van der Waals surface area contributed by atoms with E-state index < -0.39 is 18.4 Å². The highest BCUT2D eigenvalue weighted by Crippen LogP contribution is 2.45. The average Bonchev–Trinajstić information content (AvgIpc) is 3.10. The number of benzene rings is 2. The lowest BCUT2D eigenvalue weighted by atomic mass is 9.92. The first-order valence-electron chi connectivity index (χ1n) is 12.1.